The molecule has 0 spiro atoms. The quantitative estimate of drug-likeness (QED) is 0.445. The van der Waals surface area contributed by atoms with E-state index in [9.17, 15) is 4.79 Å². The van der Waals surface area contributed by atoms with Gasteiger partial charge in [0.2, 0.25) is 5.91 Å². The van der Waals surface area contributed by atoms with Gasteiger partial charge in [-0.15, -0.1) is 0 Å². The van der Waals surface area contributed by atoms with Crippen LogP contribution < -0.4 is 10.6 Å². The summed E-state index contributed by atoms with van der Waals surface area (Å²) in [6.07, 6.45) is 3.41. The number of aromatic nitrogens is 1. The lowest BCUT2D eigenvalue weighted by Gasteiger charge is -2.18. The molecule has 1 aliphatic rings. The molecule has 2 rings (SSSR count). The molecule has 1 aliphatic heterocycles. The van der Waals surface area contributed by atoms with Gasteiger partial charge in [0.25, 0.3) is 0 Å². The summed E-state index contributed by atoms with van der Waals surface area (Å²) in [4.78, 5) is 18.4. The molecule has 0 radical (unpaired) electrons. The maximum atomic E-state index is 11.8. The third kappa shape index (κ3) is 5.47. The molecule has 0 saturated carbocycles. The zero-order valence-corrected chi connectivity index (χ0v) is 15.9. The Bertz CT molecular complexity index is 577. The highest BCUT2D eigenvalue weighted by molar-refractivity contribution is 5.80. The number of rotatable bonds is 7. The topological polar surface area (TPSA) is 82.8 Å². The van der Waals surface area contributed by atoms with E-state index < -0.39 is 0 Å². The highest BCUT2D eigenvalue weighted by Crippen LogP contribution is 2.14. The van der Waals surface area contributed by atoms with Gasteiger partial charge < -0.3 is 20.1 Å². The summed E-state index contributed by atoms with van der Waals surface area (Å²) in [7, 11) is 0. The lowest BCUT2D eigenvalue weighted by Crippen LogP contribution is -2.45. The molecular weight excluding hydrogens is 318 g/mol. The van der Waals surface area contributed by atoms with Gasteiger partial charge in [-0.05, 0) is 40.0 Å². The van der Waals surface area contributed by atoms with Gasteiger partial charge >= 0.3 is 0 Å². The maximum absolute atomic E-state index is 11.8. The summed E-state index contributed by atoms with van der Waals surface area (Å²) in [6, 6.07) is 0.274. The molecule has 2 heterocycles. The van der Waals surface area contributed by atoms with Crippen molar-refractivity contribution in [1.82, 2.24) is 20.7 Å². The van der Waals surface area contributed by atoms with Crippen LogP contribution in [0.4, 0.5) is 0 Å². The predicted octanol–water partition coefficient (Wildman–Crippen LogP) is 1.79. The number of carbonyl (C=O) groups is 1. The molecule has 2 N–H and O–H groups in total. The Balaban J connectivity index is 1.81. The summed E-state index contributed by atoms with van der Waals surface area (Å²) in [5.74, 6) is 1.96. The minimum Gasteiger partial charge on any atom is -0.361 e. The predicted molar refractivity (Wildman–Crippen MR) is 98.7 cm³/mol. The normalized spacial score (nSPS) is 17.8. The van der Waals surface area contributed by atoms with Crippen LogP contribution in [0.1, 0.15) is 50.1 Å². The number of aliphatic imine (C=N–C) groups is 1. The van der Waals surface area contributed by atoms with E-state index in [1.54, 1.807) is 0 Å². The van der Waals surface area contributed by atoms with Crippen LogP contribution >= 0.6 is 0 Å². The number of guanidine groups is 1. The van der Waals surface area contributed by atoms with Crippen molar-refractivity contribution in [3.63, 3.8) is 0 Å². The molecule has 0 aliphatic carbocycles. The Hall–Kier alpha value is -2.05. The number of likely N-dealkylation sites (tertiary alicyclic amines) is 1. The van der Waals surface area contributed by atoms with Gasteiger partial charge in [0.1, 0.15) is 5.76 Å². The van der Waals surface area contributed by atoms with Crippen molar-refractivity contribution in [3.05, 3.63) is 17.0 Å². The van der Waals surface area contributed by atoms with Crippen LogP contribution in [0.15, 0.2) is 9.52 Å². The van der Waals surface area contributed by atoms with E-state index in [0.717, 1.165) is 62.9 Å². The SMILES string of the molecule is CCNC(=NCCCc1c(C)noc1C)NC1CCN(C(=O)CC)C1. The second-order valence-electron chi connectivity index (χ2n) is 6.49. The number of hydrogen-bond donors (Lipinski definition) is 2. The first-order valence-corrected chi connectivity index (χ1v) is 9.29. The average molecular weight is 349 g/mol. The largest absolute Gasteiger partial charge is 0.361 e. The molecule has 140 valence electrons. The van der Waals surface area contributed by atoms with Crippen LogP contribution in [0.3, 0.4) is 0 Å². The Labute approximate surface area is 150 Å². The fourth-order valence-corrected chi connectivity index (χ4v) is 3.15. The number of carbonyl (C=O) groups excluding carboxylic acids is 1. The van der Waals surface area contributed by atoms with E-state index in [1.807, 2.05) is 25.7 Å². The van der Waals surface area contributed by atoms with E-state index >= 15 is 0 Å². The molecule has 1 aromatic heterocycles. The average Bonchev–Trinajstić information content (AvgIpc) is 3.19. The Morgan fingerprint density at radius 1 is 1.40 bits per heavy atom. The van der Waals surface area contributed by atoms with Crippen LogP contribution in [0.25, 0.3) is 0 Å². The Morgan fingerprint density at radius 2 is 2.20 bits per heavy atom. The van der Waals surface area contributed by atoms with Crippen molar-refractivity contribution < 1.29 is 9.32 Å². The zero-order chi connectivity index (χ0) is 18.2. The third-order valence-electron chi connectivity index (χ3n) is 4.56. The first-order valence-electron chi connectivity index (χ1n) is 9.29. The van der Waals surface area contributed by atoms with Gasteiger partial charge in [-0.25, -0.2) is 0 Å². The second-order valence-corrected chi connectivity index (χ2v) is 6.49. The molecule has 25 heavy (non-hydrogen) atoms. The van der Waals surface area contributed by atoms with Crippen LogP contribution in [-0.4, -0.2) is 54.1 Å². The minimum absolute atomic E-state index is 0.228. The van der Waals surface area contributed by atoms with Crippen LogP contribution in [-0.2, 0) is 11.2 Å². The van der Waals surface area contributed by atoms with Gasteiger partial charge in [-0.3, -0.25) is 9.79 Å². The fraction of sp³-hybridized carbons (Fsp3) is 0.722. The number of aryl methyl sites for hydroxylation is 2. The van der Waals surface area contributed by atoms with Gasteiger partial charge in [-0.1, -0.05) is 12.1 Å². The molecule has 1 fully saturated rings. The summed E-state index contributed by atoms with van der Waals surface area (Å²) in [5, 5.41) is 10.7. The maximum Gasteiger partial charge on any atom is 0.222 e. The molecule has 1 unspecified atom stereocenters. The van der Waals surface area contributed by atoms with Crippen molar-refractivity contribution in [2.75, 3.05) is 26.2 Å². The molecule has 1 aromatic rings. The van der Waals surface area contributed by atoms with E-state index in [4.69, 9.17) is 4.52 Å². The molecule has 0 aromatic carbocycles. The lowest BCUT2D eigenvalue weighted by molar-refractivity contribution is -0.129. The molecule has 1 amide bonds. The van der Waals surface area contributed by atoms with Crippen molar-refractivity contribution in [2.24, 2.45) is 4.99 Å². The number of nitrogens with one attached hydrogen (secondary N) is 2. The zero-order valence-electron chi connectivity index (χ0n) is 15.9. The lowest BCUT2D eigenvalue weighted by atomic mass is 10.1. The number of amides is 1. The van der Waals surface area contributed by atoms with Crippen LogP contribution in [0.2, 0.25) is 0 Å². The summed E-state index contributed by atoms with van der Waals surface area (Å²) < 4.78 is 5.20. The molecule has 0 bridgehead atoms. The fourth-order valence-electron chi connectivity index (χ4n) is 3.15. The van der Waals surface area contributed by atoms with E-state index in [0.29, 0.717) is 6.42 Å². The standard InChI is InChI=1S/C18H31N5O2/c1-5-17(24)23-11-9-15(12-23)21-18(19-6-2)20-10-7-8-16-13(3)22-25-14(16)4/h15H,5-12H2,1-4H3,(H2,19,20,21). The van der Waals surface area contributed by atoms with Crippen LogP contribution in [0, 0.1) is 13.8 Å². The molecule has 7 heteroatoms. The van der Waals surface area contributed by atoms with E-state index in [2.05, 4.69) is 27.7 Å². The minimum atomic E-state index is 0.228. The Kier molecular flexibility index (Phi) is 7.28. The highest BCUT2D eigenvalue weighted by Gasteiger charge is 2.25. The van der Waals surface area contributed by atoms with E-state index in [1.165, 1.54) is 5.56 Å². The number of nitrogens with zero attached hydrogens (tertiary/aromatic N) is 3. The van der Waals surface area contributed by atoms with Crippen molar-refractivity contribution in [2.45, 2.75) is 59.4 Å². The van der Waals surface area contributed by atoms with Gasteiger partial charge in [0.15, 0.2) is 5.96 Å². The Morgan fingerprint density at radius 3 is 2.84 bits per heavy atom. The molecule has 1 atom stereocenters. The van der Waals surface area contributed by atoms with Crippen molar-refractivity contribution >= 4 is 11.9 Å². The molecular formula is C18H31N5O2. The number of hydrogen-bond acceptors (Lipinski definition) is 4. The van der Waals surface area contributed by atoms with Gasteiger partial charge in [0.05, 0.1) is 5.69 Å². The second kappa shape index (κ2) is 9.44. The first-order chi connectivity index (χ1) is 12.0. The van der Waals surface area contributed by atoms with Gasteiger partial charge in [0, 0.05) is 44.2 Å². The molecule has 7 nitrogen and oxygen atoms in total. The van der Waals surface area contributed by atoms with Crippen molar-refractivity contribution in [3.8, 4) is 0 Å². The smallest absolute Gasteiger partial charge is 0.222 e. The van der Waals surface area contributed by atoms with Gasteiger partial charge in [-0.2, -0.15) is 0 Å². The van der Waals surface area contributed by atoms with E-state index in [-0.39, 0.29) is 11.9 Å². The summed E-state index contributed by atoms with van der Waals surface area (Å²) >= 11 is 0. The van der Waals surface area contributed by atoms with Crippen molar-refractivity contribution in [1.29, 1.82) is 0 Å². The third-order valence-corrected chi connectivity index (χ3v) is 4.56. The monoisotopic (exact) mass is 349 g/mol. The highest BCUT2D eigenvalue weighted by atomic mass is 16.5. The van der Waals surface area contributed by atoms with Crippen LogP contribution in [0.5, 0.6) is 0 Å². The first kappa shape index (κ1) is 19.3. The molecule has 1 saturated heterocycles. The summed E-state index contributed by atoms with van der Waals surface area (Å²) in [6.45, 7) is 11.0. The summed E-state index contributed by atoms with van der Waals surface area (Å²) in [5.41, 5.74) is 2.16.